The van der Waals surface area contributed by atoms with E-state index in [2.05, 4.69) is 15.6 Å². The zero-order valence-electron chi connectivity index (χ0n) is 10.2. The molecule has 0 bridgehead atoms. The Morgan fingerprint density at radius 1 is 1.24 bits per heavy atom. The number of nitrogens with zero attached hydrogens (tertiary/aromatic N) is 1. The van der Waals surface area contributed by atoms with Gasteiger partial charge in [0.2, 0.25) is 0 Å². The minimum atomic E-state index is -2.86. The van der Waals surface area contributed by atoms with Crippen LogP contribution in [0.5, 0.6) is 0 Å². The van der Waals surface area contributed by atoms with E-state index < -0.39 is 9.84 Å². The highest BCUT2D eigenvalue weighted by Crippen LogP contribution is 2.12. The molecule has 96 valence electrons. The first-order valence-electron chi connectivity index (χ1n) is 5.62. The summed E-state index contributed by atoms with van der Waals surface area (Å²) in [6.45, 7) is 3.50. The summed E-state index contributed by atoms with van der Waals surface area (Å²) in [5.41, 5.74) is 1.86. The molecule has 0 amide bonds. The molecule has 0 spiro atoms. The van der Waals surface area contributed by atoms with Crippen LogP contribution in [0.4, 0.5) is 11.4 Å². The third-order valence-corrected chi connectivity index (χ3v) is 3.17. The summed E-state index contributed by atoms with van der Waals surface area (Å²) >= 11 is 0. The van der Waals surface area contributed by atoms with Crippen molar-refractivity contribution in [2.24, 2.45) is 0 Å². The highest BCUT2D eigenvalue weighted by molar-refractivity contribution is 7.90. The molecule has 0 radical (unpaired) electrons. The minimum Gasteiger partial charge on any atom is -0.384 e. The summed E-state index contributed by atoms with van der Waals surface area (Å²) in [6.07, 6.45) is 5.33. The molecule has 5 nitrogen and oxygen atoms in total. The van der Waals surface area contributed by atoms with Crippen LogP contribution < -0.4 is 10.6 Å². The maximum atomic E-state index is 10.9. The van der Waals surface area contributed by atoms with E-state index in [0.717, 1.165) is 17.9 Å². The van der Waals surface area contributed by atoms with E-state index in [1.54, 1.807) is 12.4 Å². The number of hydrogen-bond donors (Lipinski definition) is 2. The first kappa shape index (κ1) is 13.8. The van der Waals surface area contributed by atoms with Gasteiger partial charge in [-0.3, -0.25) is 4.98 Å². The minimum absolute atomic E-state index is 0.209. The molecule has 0 atom stereocenters. The van der Waals surface area contributed by atoms with Crippen molar-refractivity contribution >= 4 is 21.2 Å². The number of nitrogens with one attached hydrogen (secondary N) is 2. The van der Waals surface area contributed by atoms with Crippen molar-refractivity contribution < 1.29 is 8.42 Å². The van der Waals surface area contributed by atoms with Gasteiger partial charge in [-0.2, -0.15) is 0 Å². The molecular weight excluding hydrogens is 238 g/mol. The van der Waals surface area contributed by atoms with Crippen molar-refractivity contribution in [3.05, 3.63) is 18.5 Å². The van der Waals surface area contributed by atoms with Crippen molar-refractivity contribution in [3.63, 3.8) is 0 Å². The quantitative estimate of drug-likeness (QED) is 0.722. The fourth-order valence-corrected chi connectivity index (χ4v) is 2.07. The molecule has 1 aromatic heterocycles. The van der Waals surface area contributed by atoms with Gasteiger partial charge in [0.1, 0.15) is 9.84 Å². The second kappa shape index (κ2) is 6.44. The standard InChI is InChI=1S/C11H19N3O2S/c1-3-13-10-7-11(9-12-8-10)14-5-4-6-17(2,15)16/h7-9,13-14H,3-6H2,1-2H3. The Hall–Kier alpha value is -1.30. The van der Waals surface area contributed by atoms with E-state index in [1.807, 2.05) is 13.0 Å². The summed E-state index contributed by atoms with van der Waals surface area (Å²) in [4.78, 5) is 4.09. The average Bonchev–Trinajstić information content (AvgIpc) is 2.24. The lowest BCUT2D eigenvalue weighted by Crippen LogP contribution is -2.10. The van der Waals surface area contributed by atoms with Crippen LogP contribution in [0, 0.1) is 0 Å². The Morgan fingerprint density at radius 3 is 2.47 bits per heavy atom. The van der Waals surface area contributed by atoms with Gasteiger partial charge in [-0.1, -0.05) is 0 Å². The first-order valence-corrected chi connectivity index (χ1v) is 7.68. The molecule has 0 aliphatic heterocycles. The summed E-state index contributed by atoms with van der Waals surface area (Å²) in [7, 11) is -2.86. The smallest absolute Gasteiger partial charge is 0.147 e. The molecule has 6 heteroatoms. The Bertz CT molecular complexity index is 446. The molecule has 0 aliphatic rings. The number of pyridine rings is 1. The molecule has 1 heterocycles. The van der Waals surface area contributed by atoms with Gasteiger partial charge in [0.15, 0.2) is 0 Å². The third-order valence-electron chi connectivity index (χ3n) is 2.14. The van der Waals surface area contributed by atoms with Crippen molar-refractivity contribution in [3.8, 4) is 0 Å². The Morgan fingerprint density at radius 2 is 1.88 bits per heavy atom. The largest absolute Gasteiger partial charge is 0.384 e. The van der Waals surface area contributed by atoms with Crippen molar-refractivity contribution in [2.75, 3.05) is 35.7 Å². The number of aromatic nitrogens is 1. The van der Waals surface area contributed by atoms with E-state index in [0.29, 0.717) is 13.0 Å². The predicted molar refractivity (Wildman–Crippen MR) is 71.2 cm³/mol. The van der Waals surface area contributed by atoms with Crippen LogP contribution in [0.15, 0.2) is 18.5 Å². The van der Waals surface area contributed by atoms with Gasteiger partial charge in [0, 0.05) is 19.3 Å². The molecule has 0 fully saturated rings. The fourth-order valence-electron chi connectivity index (χ4n) is 1.40. The molecule has 1 rings (SSSR count). The van der Waals surface area contributed by atoms with Gasteiger partial charge >= 0.3 is 0 Å². The van der Waals surface area contributed by atoms with Gasteiger partial charge < -0.3 is 10.6 Å². The number of anilines is 2. The van der Waals surface area contributed by atoms with Gasteiger partial charge in [-0.05, 0) is 19.4 Å². The molecule has 0 aliphatic carbocycles. The van der Waals surface area contributed by atoms with Crippen LogP contribution in [0.1, 0.15) is 13.3 Å². The highest BCUT2D eigenvalue weighted by Gasteiger charge is 2.01. The van der Waals surface area contributed by atoms with E-state index in [-0.39, 0.29) is 5.75 Å². The lowest BCUT2D eigenvalue weighted by Gasteiger charge is -2.08. The van der Waals surface area contributed by atoms with Crippen LogP contribution in [0.3, 0.4) is 0 Å². The van der Waals surface area contributed by atoms with Crippen LogP contribution in [0.25, 0.3) is 0 Å². The molecule has 1 aromatic rings. The fraction of sp³-hybridized carbons (Fsp3) is 0.545. The number of hydrogen-bond acceptors (Lipinski definition) is 5. The molecule has 17 heavy (non-hydrogen) atoms. The zero-order valence-corrected chi connectivity index (χ0v) is 11.0. The molecule has 0 aromatic carbocycles. The van der Waals surface area contributed by atoms with Crippen molar-refractivity contribution in [1.29, 1.82) is 0 Å². The van der Waals surface area contributed by atoms with E-state index in [9.17, 15) is 8.42 Å². The predicted octanol–water partition coefficient (Wildman–Crippen LogP) is 1.36. The molecule has 0 saturated carbocycles. The van der Waals surface area contributed by atoms with Crippen LogP contribution in [-0.4, -0.2) is 38.5 Å². The summed E-state index contributed by atoms with van der Waals surface area (Å²) < 4.78 is 21.9. The van der Waals surface area contributed by atoms with Gasteiger partial charge in [0.25, 0.3) is 0 Å². The van der Waals surface area contributed by atoms with Crippen molar-refractivity contribution in [2.45, 2.75) is 13.3 Å². The second-order valence-corrected chi connectivity index (χ2v) is 6.16. The Kier molecular flexibility index (Phi) is 5.21. The van der Waals surface area contributed by atoms with Gasteiger partial charge in [-0.15, -0.1) is 0 Å². The highest BCUT2D eigenvalue weighted by atomic mass is 32.2. The summed E-state index contributed by atoms with van der Waals surface area (Å²) in [5, 5.41) is 6.31. The van der Waals surface area contributed by atoms with Gasteiger partial charge in [0.05, 0.1) is 29.5 Å². The third kappa shape index (κ3) is 6.11. The summed E-state index contributed by atoms with van der Waals surface area (Å²) in [5.74, 6) is 0.209. The first-order chi connectivity index (χ1) is 8.01. The lowest BCUT2D eigenvalue weighted by atomic mass is 10.3. The topological polar surface area (TPSA) is 71.1 Å². The molecular formula is C11H19N3O2S. The Balaban J connectivity index is 2.38. The monoisotopic (exact) mass is 257 g/mol. The average molecular weight is 257 g/mol. The Labute approximate surface area is 103 Å². The van der Waals surface area contributed by atoms with E-state index >= 15 is 0 Å². The zero-order chi connectivity index (χ0) is 12.7. The van der Waals surface area contributed by atoms with Gasteiger partial charge in [-0.25, -0.2) is 8.42 Å². The van der Waals surface area contributed by atoms with Crippen LogP contribution in [0.2, 0.25) is 0 Å². The normalized spacial score (nSPS) is 11.2. The number of rotatable bonds is 7. The maximum Gasteiger partial charge on any atom is 0.147 e. The maximum absolute atomic E-state index is 10.9. The van der Waals surface area contributed by atoms with Crippen LogP contribution in [-0.2, 0) is 9.84 Å². The SMILES string of the molecule is CCNc1cncc(NCCCS(C)(=O)=O)c1. The van der Waals surface area contributed by atoms with Crippen molar-refractivity contribution in [1.82, 2.24) is 4.98 Å². The number of sulfone groups is 1. The molecule has 0 saturated heterocycles. The van der Waals surface area contributed by atoms with E-state index in [1.165, 1.54) is 6.26 Å². The summed E-state index contributed by atoms with van der Waals surface area (Å²) in [6, 6.07) is 1.96. The second-order valence-electron chi connectivity index (χ2n) is 3.90. The lowest BCUT2D eigenvalue weighted by molar-refractivity contribution is 0.600. The van der Waals surface area contributed by atoms with Crippen LogP contribution >= 0.6 is 0 Å². The van der Waals surface area contributed by atoms with E-state index in [4.69, 9.17) is 0 Å². The molecule has 0 unspecified atom stereocenters. The molecule has 2 N–H and O–H groups in total.